The minimum atomic E-state index is 0.143. The zero-order valence-corrected chi connectivity index (χ0v) is 16.9. The summed E-state index contributed by atoms with van der Waals surface area (Å²) in [7, 11) is 4.54. The van der Waals surface area contributed by atoms with Crippen molar-refractivity contribution in [2.75, 3.05) is 64.9 Å². The van der Waals surface area contributed by atoms with Gasteiger partial charge in [-0.25, -0.2) is 0 Å². The molecule has 0 aliphatic heterocycles. The molecule has 148 valence electrons. The first-order valence-electron chi connectivity index (χ1n) is 9.94. The second-order valence-corrected chi connectivity index (χ2v) is 7.58. The zero-order valence-electron chi connectivity index (χ0n) is 16.9. The number of hydrogen-bond donors (Lipinski definition) is 1. The van der Waals surface area contributed by atoms with Crippen molar-refractivity contribution in [3.8, 4) is 0 Å². The van der Waals surface area contributed by atoms with Gasteiger partial charge in [0, 0.05) is 44.9 Å². The van der Waals surface area contributed by atoms with Gasteiger partial charge in [-0.15, -0.1) is 0 Å². The van der Waals surface area contributed by atoms with Crippen molar-refractivity contribution in [2.24, 2.45) is 0 Å². The number of rotatable bonds is 15. The molecule has 1 amide bonds. The largest absolute Gasteiger partial charge is 0.396 e. The summed E-state index contributed by atoms with van der Waals surface area (Å²) >= 11 is 0. The van der Waals surface area contributed by atoms with Gasteiger partial charge in [0.2, 0.25) is 6.41 Å². The van der Waals surface area contributed by atoms with E-state index in [-0.39, 0.29) is 6.61 Å². The van der Waals surface area contributed by atoms with Gasteiger partial charge in [0.15, 0.2) is 0 Å². The molecule has 1 N–H and O–H groups in total. The minimum Gasteiger partial charge on any atom is -0.396 e. The maximum atomic E-state index is 11.0. The third-order valence-corrected chi connectivity index (χ3v) is 4.91. The fourth-order valence-electron chi connectivity index (χ4n) is 3.26. The van der Waals surface area contributed by atoms with Crippen LogP contribution in [0.3, 0.4) is 0 Å². The second-order valence-electron chi connectivity index (χ2n) is 7.58. The summed E-state index contributed by atoms with van der Waals surface area (Å²) in [6, 6.07) is 10.6. The van der Waals surface area contributed by atoms with E-state index in [4.69, 9.17) is 5.11 Å². The van der Waals surface area contributed by atoms with Crippen LogP contribution in [-0.4, -0.2) is 80.9 Å². The first kappa shape index (κ1) is 22.5. The summed E-state index contributed by atoms with van der Waals surface area (Å²) in [4.78, 5) is 15.2. The lowest BCUT2D eigenvalue weighted by atomic mass is 10.2. The topological polar surface area (TPSA) is 43.8 Å². The number of unbranched alkanes of at least 4 members (excludes halogenated alkanes) is 1. The van der Waals surface area contributed by atoms with Crippen molar-refractivity contribution in [2.45, 2.75) is 32.6 Å². The van der Waals surface area contributed by atoms with Crippen LogP contribution < -0.4 is 4.90 Å². The average molecular weight is 365 g/mol. The Morgan fingerprint density at radius 3 is 2.23 bits per heavy atom. The fraction of sp³-hybridized carbons (Fsp3) is 0.667. The summed E-state index contributed by atoms with van der Waals surface area (Å²) in [5, 5.41) is 8.87. The van der Waals surface area contributed by atoms with Crippen molar-refractivity contribution in [3.05, 3.63) is 30.3 Å². The van der Waals surface area contributed by atoms with Gasteiger partial charge in [0.05, 0.1) is 27.2 Å². The van der Waals surface area contributed by atoms with Crippen LogP contribution in [0.15, 0.2) is 30.3 Å². The molecule has 0 atom stereocenters. The van der Waals surface area contributed by atoms with Gasteiger partial charge in [-0.3, -0.25) is 4.79 Å². The molecule has 5 nitrogen and oxygen atoms in total. The highest BCUT2D eigenvalue weighted by Gasteiger charge is 2.15. The first-order valence-corrected chi connectivity index (χ1v) is 9.94. The molecule has 0 saturated heterocycles. The third-order valence-electron chi connectivity index (χ3n) is 4.91. The molecule has 5 heteroatoms. The predicted molar refractivity (Wildman–Crippen MR) is 109 cm³/mol. The third kappa shape index (κ3) is 9.20. The van der Waals surface area contributed by atoms with Gasteiger partial charge in [-0.2, -0.15) is 0 Å². The SMILES string of the molecule is CCN(CCCC[N+](C)(C)CCCN(C=O)CCCO)c1ccccc1. The van der Waals surface area contributed by atoms with Crippen LogP contribution in [0.5, 0.6) is 0 Å². The van der Waals surface area contributed by atoms with Crippen molar-refractivity contribution < 1.29 is 14.4 Å². The molecule has 1 rings (SSSR count). The molecule has 0 spiro atoms. The Morgan fingerprint density at radius 2 is 1.62 bits per heavy atom. The molecular formula is C21H38N3O2+. The number of hydrogen-bond acceptors (Lipinski definition) is 3. The van der Waals surface area contributed by atoms with Crippen LogP contribution in [-0.2, 0) is 4.79 Å². The number of para-hydroxylation sites is 1. The Hall–Kier alpha value is -1.59. The standard InChI is InChI=1S/C21H38N3O2/c1-4-23(21-12-6-5-7-13-21)16-8-9-17-24(2,3)18-10-14-22(20-26)15-11-19-25/h5-7,12-13,20,25H,4,8-11,14-19H2,1-3H3/q+1. The molecule has 0 unspecified atom stereocenters. The molecule has 0 aliphatic rings. The van der Waals surface area contributed by atoms with Gasteiger partial charge >= 0.3 is 0 Å². The van der Waals surface area contributed by atoms with Crippen LogP contribution in [0.4, 0.5) is 5.69 Å². The molecule has 0 aliphatic carbocycles. The molecular weight excluding hydrogens is 326 g/mol. The van der Waals surface area contributed by atoms with E-state index in [0.717, 1.165) is 50.0 Å². The Bertz CT molecular complexity index is 479. The van der Waals surface area contributed by atoms with Gasteiger partial charge < -0.3 is 19.4 Å². The number of nitrogens with zero attached hydrogens (tertiary/aromatic N) is 3. The van der Waals surface area contributed by atoms with Gasteiger partial charge in [-0.05, 0) is 38.3 Å². The molecule has 0 heterocycles. The molecule has 0 radical (unpaired) electrons. The molecule has 1 aromatic rings. The summed E-state index contributed by atoms with van der Waals surface area (Å²) < 4.78 is 0.990. The van der Waals surface area contributed by atoms with E-state index in [2.05, 4.69) is 56.3 Å². The van der Waals surface area contributed by atoms with E-state index in [0.29, 0.717) is 13.0 Å². The van der Waals surface area contributed by atoms with E-state index in [1.807, 2.05) is 0 Å². The van der Waals surface area contributed by atoms with Crippen LogP contribution in [0, 0.1) is 0 Å². The van der Waals surface area contributed by atoms with E-state index < -0.39 is 0 Å². The summed E-state index contributed by atoms with van der Waals surface area (Å²) in [6.07, 6.45) is 4.97. The molecule has 0 bridgehead atoms. The van der Waals surface area contributed by atoms with E-state index in [1.54, 1.807) is 4.90 Å². The Kier molecular flexibility index (Phi) is 11.0. The number of benzene rings is 1. The minimum absolute atomic E-state index is 0.143. The number of carbonyl (C=O) groups is 1. The summed E-state index contributed by atoms with van der Waals surface area (Å²) in [5.41, 5.74) is 1.31. The Labute approximate surface area is 159 Å². The maximum absolute atomic E-state index is 11.0. The normalized spacial score (nSPS) is 11.4. The van der Waals surface area contributed by atoms with Crippen LogP contribution >= 0.6 is 0 Å². The first-order chi connectivity index (χ1) is 12.5. The molecule has 0 aromatic heterocycles. The lowest BCUT2D eigenvalue weighted by Crippen LogP contribution is -2.42. The number of carbonyl (C=O) groups excluding carboxylic acids is 1. The molecule has 0 fully saturated rings. The predicted octanol–water partition coefficient (Wildman–Crippen LogP) is 2.60. The highest BCUT2D eigenvalue weighted by atomic mass is 16.3. The zero-order chi connectivity index (χ0) is 19.3. The molecule has 1 aromatic carbocycles. The smallest absolute Gasteiger partial charge is 0.209 e. The average Bonchev–Trinajstić information content (AvgIpc) is 2.65. The van der Waals surface area contributed by atoms with Gasteiger partial charge in [-0.1, -0.05) is 18.2 Å². The Balaban J connectivity index is 2.24. The second kappa shape index (κ2) is 12.7. The van der Waals surface area contributed by atoms with Crippen LogP contribution in [0.1, 0.15) is 32.6 Å². The maximum Gasteiger partial charge on any atom is 0.209 e. The van der Waals surface area contributed by atoms with Crippen molar-refractivity contribution in [3.63, 3.8) is 0 Å². The van der Waals surface area contributed by atoms with Crippen LogP contribution in [0.2, 0.25) is 0 Å². The number of anilines is 1. The number of quaternary nitrogens is 1. The van der Waals surface area contributed by atoms with Crippen molar-refractivity contribution in [1.29, 1.82) is 0 Å². The molecule has 0 saturated carbocycles. The fourth-order valence-corrected chi connectivity index (χ4v) is 3.26. The van der Waals surface area contributed by atoms with Crippen LogP contribution in [0.25, 0.3) is 0 Å². The summed E-state index contributed by atoms with van der Waals surface area (Å²) in [6.45, 7) is 8.15. The lowest BCUT2D eigenvalue weighted by molar-refractivity contribution is -0.890. The quantitative estimate of drug-likeness (QED) is 0.296. The summed E-state index contributed by atoms with van der Waals surface area (Å²) in [5.74, 6) is 0. The van der Waals surface area contributed by atoms with E-state index in [1.165, 1.54) is 18.5 Å². The van der Waals surface area contributed by atoms with E-state index >= 15 is 0 Å². The van der Waals surface area contributed by atoms with Gasteiger partial charge in [0.1, 0.15) is 0 Å². The van der Waals surface area contributed by atoms with Crippen molar-refractivity contribution >= 4 is 12.1 Å². The Morgan fingerprint density at radius 1 is 0.962 bits per heavy atom. The number of aliphatic hydroxyl groups excluding tert-OH is 1. The monoisotopic (exact) mass is 364 g/mol. The number of amides is 1. The highest BCUT2D eigenvalue weighted by molar-refractivity contribution is 5.46. The van der Waals surface area contributed by atoms with Gasteiger partial charge in [0.25, 0.3) is 0 Å². The lowest BCUT2D eigenvalue weighted by Gasteiger charge is -2.31. The molecule has 26 heavy (non-hydrogen) atoms. The number of aliphatic hydroxyl groups is 1. The van der Waals surface area contributed by atoms with E-state index in [9.17, 15) is 4.79 Å². The van der Waals surface area contributed by atoms with Crippen molar-refractivity contribution in [1.82, 2.24) is 4.90 Å². The highest BCUT2D eigenvalue weighted by Crippen LogP contribution is 2.14.